The van der Waals surface area contributed by atoms with Crippen molar-refractivity contribution < 1.29 is 42.0 Å². The number of methoxy groups -OCH3 is 1. The van der Waals surface area contributed by atoms with Gasteiger partial charge in [-0.15, -0.1) is 0 Å². The lowest BCUT2D eigenvalue weighted by Crippen LogP contribution is -2.38. The smallest absolute Gasteiger partial charge is 0.305 e. The van der Waals surface area contributed by atoms with Crippen LogP contribution in [0.5, 0.6) is 5.75 Å². The van der Waals surface area contributed by atoms with Gasteiger partial charge in [-0.3, -0.25) is 4.79 Å². The SMILES string of the molecule is COC(=O)CCCCCCC(COC1CCCCO1)NCCC(O)COc1c(F)cc(F)cc1F. The van der Waals surface area contributed by atoms with Crippen LogP contribution in [-0.4, -0.2) is 63.0 Å². The van der Waals surface area contributed by atoms with Gasteiger partial charge in [0.1, 0.15) is 12.4 Å². The van der Waals surface area contributed by atoms with Crippen LogP contribution in [0.25, 0.3) is 0 Å². The minimum Gasteiger partial charge on any atom is -0.485 e. The molecule has 0 radical (unpaired) electrons. The third-order valence-electron chi connectivity index (χ3n) is 5.83. The minimum atomic E-state index is -1.15. The number of unbranched alkanes of at least 4 members (excludes halogenated alkanes) is 3. The molecule has 1 aromatic carbocycles. The minimum absolute atomic E-state index is 0.0428. The molecule has 1 aromatic rings. The average molecular weight is 506 g/mol. The first-order chi connectivity index (χ1) is 16.9. The highest BCUT2D eigenvalue weighted by atomic mass is 19.1. The Morgan fingerprint density at radius 1 is 1.11 bits per heavy atom. The summed E-state index contributed by atoms with van der Waals surface area (Å²) in [4.78, 5) is 11.2. The molecule has 2 rings (SSSR count). The molecule has 7 nitrogen and oxygen atoms in total. The van der Waals surface area contributed by atoms with Crippen LogP contribution in [0.1, 0.15) is 64.2 Å². The lowest BCUT2D eigenvalue weighted by atomic mass is 10.1. The van der Waals surface area contributed by atoms with Crippen LogP contribution in [0.15, 0.2) is 12.1 Å². The molecule has 35 heavy (non-hydrogen) atoms. The molecule has 0 amide bonds. The van der Waals surface area contributed by atoms with Gasteiger partial charge in [0.05, 0.1) is 19.8 Å². The van der Waals surface area contributed by atoms with E-state index in [9.17, 15) is 23.1 Å². The molecule has 0 saturated carbocycles. The second-order valence-electron chi connectivity index (χ2n) is 8.76. The van der Waals surface area contributed by atoms with E-state index in [1.54, 1.807) is 0 Å². The average Bonchev–Trinajstić information content (AvgIpc) is 2.83. The molecule has 3 atom stereocenters. The van der Waals surface area contributed by atoms with Crippen molar-refractivity contribution in [1.82, 2.24) is 5.32 Å². The molecule has 1 heterocycles. The van der Waals surface area contributed by atoms with Gasteiger partial charge in [-0.2, -0.15) is 0 Å². The molecule has 200 valence electrons. The summed E-state index contributed by atoms with van der Waals surface area (Å²) < 4.78 is 61.6. The number of halogens is 3. The van der Waals surface area contributed by atoms with Crippen LogP contribution in [0.4, 0.5) is 13.2 Å². The lowest BCUT2D eigenvalue weighted by molar-refractivity contribution is -0.166. The number of carbonyl (C=O) groups excluding carboxylic acids is 1. The van der Waals surface area contributed by atoms with E-state index in [1.165, 1.54) is 7.11 Å². The van der Waals surface area contributed by atoms with Gasteiger partial charge in [-0.1, -0.05) is 19.3 Å². The predicted molar refractivity (Wildman–Crippen MR) is 123 cm³/mol. The van der Waals surface area contributed by atoms with Crippen LogP contribution in [0, 0.1) is 17.5 Å². The number of benzene rings is 1. The van der Waals surface area contributed by atoms with Crippen molar-refractivity contribution in [1.29, 1.82) is 0 Å². The maximum atomic E-state index is 13.7. The van der Waals surface area contributed by atoms with Gasteiger partial charge in [0.2, 0.25) is 0 Å². The largest absolute Gasteiger partial charge is 0.485 e. The quantitative estimate of drug-likeness (QED) is 0.242. The third kappa shape index (κ3) is 12.1. The van der Waals surface area contributed by atoms with Crippen LogP contribution in [0.2, 0.25) is 0 Å². The van der Waals surface area contributed by atoms with E-state index < -0.39 is 29.3 Å². The number of rotatable bonds is 17. The highest BCUT2D eigenvalue weighted by Crippen LogP contribution is 2.23. The van der Waals surface area contributed by atoms with E-state index in [1.807, 2.05) is 0 Å². The highest BCUT2D eigenvalue weighted by molar-refractivity contribution is 5.68. The maximum Gasteiger partial charge on any atom is 0.305 e. The van der Waals surface area contributed by atoms with Gasteiger partial charge in [-0.05, 0) is 45.1 Å². The lowest BCUT2D eigenvalue weighted by Gasteiger charge is -2.26. The zero-order chi connectivity index (χ0) is 25.5. The number of aliphatic hydroxyl groups is 1. The fraction of sp³-hybridized carbons (Fsp3) is 0.720. The van der Waals surface area contributed by atoms with Crippen molar-refractivity contribution in [3.63, 3.8) is 0 Å². The van der Waals surface area contributed by atoms with Gasteiger partial charge in [0, 0.05) is 31.2 Å². The Bertz CT molecular complexity index is 725. The summed E-state index contributed by atoms with van der Waals surface area (Å²) >= 11 is 0. The summed E-state index contributed by atoms with van der Waals surface area (Å²) in [6.07, 6.45) is 7.02. The molecule has 1 saturated heterocycles. The molecule has 1 fully saturated rings. The Labute approximate surface area is 205 Å². The monoisotopic (exact) mass is 505 g/mol. The number of ether oxygens (including phenoxy) is 4. The predicted octanol–water partition coefficient (Wildman–Crippen LogP) is 4.25. The van der Waals surface area contributed by atoms with E-state index in [4.69, 9.17) is 14.2 Å². The molecule has 0 aromatic heterocycles. The van der Waals surface area contributed by atoms with E-state index in [-0.39, 0.29) is 24.9 Å². The van der Waals surface area contributed by atoms with Crippen LogP contribution < -0.4 is 10.1 Å². The normalized spacial score (nSPS) is 17.7. The maximum absolute atomic E-state index is 13.7. The van der Waals surface area contributed by atoms with Crippen molar-refractivity contribution in [2.45, 2.75) is 82.6 Å². The molecule has 2 N–H and O–H groups in total. The second-order valence-corrected chi connectivity index (χ2v) is 8.76. The van der Waals surface area contributed by atoms with E-state index in [0.717, 1.165) is 51.4 Å². The topological polar surface area (TPSA) is 86.3 Å². The van der Waals surface area contributed by atoms with Gasteiger partial charge < -0.3 is 29.4 Å². The third-order valence-corrected chi connectivity index (χ3v) is 5.83. The molecular formula is C25H38F3NO6. The fourth-order valence-corrected chi connectivity index (χ4v) is 3.81. The first kappa shape index (κ1) is 29.4. The summed E-state index contributed by atoms with van der Waals surface area (Å²) in [5.74, 6) is -4.24. The number of aliphatic hydroxyl groups excluding tert-OH is 1. The molecule has 1 aliphatic rings. The van der Waals surface area contributed by atoms with E-state index in [2.05, 4.69) is 10.1 Å². The van der Waals surface area contributed by atoms with Crippen molar-refractivity contribution in [2.75, 3.05) is 33.5 Å². The standard InChI is InChI=1S/C25H38F3NO6/c1-32-23(31)9-5-3-2-4-8-19(16-34-24-10-6-7-13-33-24)29-12-11-20(30)17-35-25-21(27)14-18(26)15-22(25)28/h14-15,19-20,24,29-30H,2-13,16-17H2,1H3. The Morgan fingerprint density at radius 3 is 2.54 bits per heavy atom. The summed E-state index contributed by atoms with van der Waals surface area (Å²) in [6.45, 7) is 1.29. The molecule has 0 aliphatic carbocycles. The van der Waals surface area contributed by atoms with Gasteiger partial charge in [0.25, 0.3) is 0 Å². The molecule has 1 aliphatic heterocycles. The first-order valence-corrected chi connectivity index (χ1v) is 12.4. The summed E-state index contributed by atoms with van der Waals surface area (Å²) in [6, 6.07) is 1.10. The van der Waals surface area contributed by atoms with Crippen LogP contribution in [-0.2, 0) is 19.0 Å². The van der Waals surface area contributed by atoms with E-state index >= 15 is 0 Å². The molecule has 0 bridgehead atoms. The van der Waals surface area contributed by atoms with Crippen molar-refractivity contribution >= 4 is 5.97 Å². The Morgan fingerprint density at radius 2 is 1.86 bits per heavy atom. The number of hydrogen-bond donors (Lipinski definition) is 2. The molecular weight excluding hydrogens is 467 g/mol. The Hall–Kier alpha value is -1.88. The van der Waals surface area contributed by atoms with Crippen LogP contribution >= 0.6 is 0 Å². The second kappa shape index (κ2) is 16.7. The Kier molecular flexibility index (Phi) is 14.0. The van der Waals surface area contributed by atoms with Crippen molar-refractivity contribution in [3.8, 4) is 5.75 Å². The fourth-order valence-electron chi connectivity index (χ4n) is 3.81. The highest BCUT2D eigenvalue weighted by Gasteiger charge is 2.18. The number of hydrogen-bond acceptors (Lipinski definition) is 7. The first-order valence-electron chi connectivity index (χ1n) is 12.4. The van der Waals surface area contributed by atoms with Crippen molar-refractivity contribution in [3.05, 3.63) is 29.6 Å². The number of esters is 1. The summed E-state index contributed by atoms with van der Waals surface area (Å²) in [7, 11) is 1.39. The summed E-state index contributed by atoms with van der Waals surface area (Å²) in [5.41, 5.74) is 0. The summed E-state index contributed by atoms with van der Waals surface area (Å²) in [5, 5.41) is 13.5. The van der Waals surface area contributed by atoms with Gasteiger partial charge in [0.15, 0.2) is 23.7 Å². The number of carbonyl (C=O) groups is 1. The zero-order valence-corrected chi connectivity index (χ0v) is 20.4. The van der Waals surface area contributed by atoms with E-state index in [0.29, 0.717) is 44.7 Å². The zero-order valence-electron chi connectivity index (χ0n) is 20.4. The number of nitrogens with one attached hydrogen (secondary N) is 1. The Balaban J connectivity index is 1.71. The van der Waals surface area contributed by atoms with Gasteiger partial charge >= 0.3 is 5.97 Å². The molecule has 0 spiro atoms. The molecule has 3 unspecified atom stereocenters. The molecule has 10 heteroatoms. The van der Waals surface area contributed by atoms with Crippen molar-refractivity contribution in [2.24, 2.45) is 0 Å². The van der Waals surface area contributed by atoms with Gasteiger partial charge in [-0.25, -0.2) is 13.2 Å². The van der Waals surface area contributed by atoms with Crippen LogP contribution in [0.3, 0.4) is 0 Å².